The lowest BCUT2D eigenvalue weighted by atomic mass is 9.78. The molecule has 0 amide bonds. The van der Waals surface area contributed by atoms with E-state index in [9.17, 15) is 19.3 Å². The van der Waals surface area contributed by atoms with Gasteiger partial charge in [0.1, 0.15) is 5.75 Å². The van der Waals surface area contributed by atoms with Crippen molar-refractivity contribution in [3.05, 3.63) is 28.8 Å². The van der Waals surface area contributed by atoms with E-state index in [2.05, 4.69) is 13.8 Å². The smallest absolute Gasteiger partial charge is 0.507 e. The van der Waals surface area contributed by atoms with Crippen LogP contribution >= 0.6 is 7.82 Å². The molecule has 8 heteroatoms. The van der Waals surface area contributed by atoms with Crippen LogP contribution in [0.25, 0.3) is 0 Å². The van der Waals surface area contributed by atoms with E-state index >= 15 is 0 Å². The topological polar surface area (TPSA) is 99.1 Å². The molecule has 1 rings (SSSR count). The van der Waals surface area contributed by atoms with Crippen LogP contribution in [-0.2, 0) is 45.2 Å². The Hall–Kier alpha value is -1.85. The fraction of sp³-hybridized carbons (Fsp3) is 0.843. The van der Waals surface area contributed by atoms with Crippen LogP contribution in [0.5, 0.6) is 5.75 Å². The Balaban J connectivity index is 2.62. The summed E-state index contributed by atoms with van der Waals surface area (Å²) < 4.78 is 30.6. The Bertz CT molecular complexity index is 1190. The van der Waals surface area contributed by atoms with E-state index in [-0.39, 0.29) is 36.0 Å². The molecular formula is C51H93O7P. The number of benzene rings is 1. The van der Waals surface area contributed by atoms with Gasteiger partial charge in [0.05, 0.1) is 6.61 Å². The van der Waals surface area contributed by atoms with Gasteiger partial charge in [0.25, 0.3) is 0 Å². The van der Waals surface area contributed by atoms with Crippen molar-refractivity contribution in [2.24, 2.45) is 0 Å². The highest BCUT2D eigenvalue weighted by Gasteiger charge is 2.36. The van der Waals surface area contributed by atoms with Crippen molar-refractivity contribution in [3.63, 3.8) is 0 Å². The summed E-state index contributed by atoms with van der Waals surface area (Å²) in [5.74, 6) is -1.14. The molecule has 0 saturated carbocycles. The van der Waals surface area contributed by atoms with E-state index in [1.807, 2.05) is 53.7 Å². The summed E-state index contributed by atoms with van der Waals surface area (Å²) >= 11 is 0. The Kier molecular flexibility index (Phi) is 30.7. The third-order valence-corrected chi connectivity index (χ3v) is 12.9. The summed E-state index contributed by atoms with van der Waals surface area (Å²) in [5.41, 5.74) is 1.36. The number of phosphoric acid groups is 1. The fourth-order valence-electron chi connectivity index (χ4n) is 7.77. The first-order valence-electron chi connectivity index (χ1n) is 24.7. The molecule has 0 unspecified atom stereocenters. The molecule has 0 aliphatic carbocycles. The number of carbonyl (C=O) groups excluding carboxylic acids is 2. The van der Waals surface area contributed by atoms with Gasteiger partial charge in [-0.3, -0.25) is 14.1 Å². The molecule has 0 atom stereocenters. The molecule has 0 aromatic heterocycles. The van der Waals surface area contributed by atoms with E-state index in [1.54, 1.807) is 0 Å². The summed E-state index contributed by atoms with van der Waals surface area (Å²) in [5, 5.41) is 11.2. The van der Waals surface area contributed by atoms with Gasteiger partial charge in [0.2, 0.25) is 0 Å². The van der Waals surface area contributed by atoms with E-state index in [1.165, 1.54) is 141 Å². The van der Waals surface area contributed by atoms with Crippen LogP contribution in [0, 0.1) is 0 Å². The lowest BCUT2D eigenvalue weighted by molar-refractivity contribution is -0.141. The molecule has 0 spiro atoms. The molecule has 0 bridgehead atoms. The van der Waals surface area contributed by atoms with Gasteiger partial charge in [0.15, 0.2) is 0 Å². The maximum absolute atomic E-state index is 14.0. The van der Waals surface area contributed by atoms with E-state index in [4.69, 9.17) is 13.6 Å². The minimum absolute atomic E-state index is 0.0871. The van der Waals surface area contributed by atoms with Gasteiger partial charge in [-0.2, -0.15) is 0 Å². The summed E-state index contributed by atoms with van der Waals surface area (Å²) in [4.78, 5) is 26.0. The zero-order valence-corrected chi connectivity index (χ0v) is 40.7. The fourth-order valence-corrected chi connectivity index (χ4v) is 8.90. The average molecular weight is 849 g/mol. The number of phenolic OH excluding ortho intramolecular Hbond substituents is 1. The summed E-state index contributed by atoms with van der Waals surface area (Å²) in [6.07, 6.45) is 36.8. The van der Waals surface area contributed by atoms with E-state index in [0.717, 1.165) is 49.7 Å². The highest BCUT2D eigenvalue weighted by molar-refractivity contribution is 7.49. The zero-order valence-electron chi connectivity index (χ0n) is 39.8. The number of aromatic hydroxyl groups is 1. The number of hydrogen-bond acceptors (Lipinski definition) is 7. The van der Waals surface area contributed by atoms with Crippen LogP contribution in [0.15, 0.2) is 12.1 Å². The quantitative estimate of drug-likeness (QED) is 0.0526. The summed E-state index contributed by atoms with van der Waals surface area (Å²) in [6.45, 7) is 16.4. The normalized spacial score (nSPS) is 12.3. The summed E-state index contributed by atoms with van der Waals surface area (Å²) in [7, 11) is -4.56. The van der Waals surface area contributed by atoms with Crippen molar-refractivity contribution >= 4 is 19.8 Å². The number of rotatable bonds is 37. The number of phenols is 1. The molecule has 1 aromatic carbocycles. The average Bonchev–Trinajstić information content (AvgIpc) is 3.16. The number of phosphoric ester groups is 1. The first-order valence-corrected chi connectivity index (χ1v) is 26.1. The van der Waals surface area contributed by atoms with Crippen LogP contribution in [-0.4, -0.2) is 17.0 Å². The molecule has 0 aliphatic heterocycles. The second-order valence-corrected chi connectivity index (χ2v) is 21.1. The maximum Gasteiger partial charge on any atom is 0.592 e. The Labute approximate surface area is 364 Å². The van der Waals surface area contributed by atoms with Crippen molar-refractivity contribution in [1.29, 1.82) is 0 Å². The maximum atomic E-state index is 14.0. The zero-order chi connectivity index (χ0) is 43.8. The van der Waals surface area contributed by atoms with Crippen LogP contribution in [0.3, 0.4) is 0 Å². The van der Waals surface area contributed by atoms with Gasteiger partial charge in [-0.15, -0.1) is 0 Å². The number of unbranched alkanes of at least 4 members (excludes halogenated alkanes) is 28. The standard InChI is InChI=1S/C51H93O7P/c1-9-11-13-15-17-19-21-23-25-27-29-31-33-35-37-39-47(52)57-59(55,56-43-44-41-45(50(3,4)5)49(54)46(42-44)51(6,7)8)58-48(53)40-38-36-34-32-30-28-26-24-22-20-18-16-14-12-10-2/h41-42,54H,9-40,43H2,1-8H3. The van der Waals surface area contributed by atoms with E-state index < -0.39 is 19.8 Å². The summed E-state index contributed by atoms with van der Waals surface area (Å²) in [6, 6.07) is 3.65. The van der Waals surface area contributed by atoms with Crippen molar-refractivity contribution in [1.82, 2.24) is 0 Å². The lowest BCUT2D eigenvalue weighted by Gasteiger charge is -2.28. The van der Waals surface area contributed by atoms with Gasteiger partial charge in [-0.05, 0) is 52.5 Å². The third kappa shape index (κ3) is 28.4. The highest BCUT2D eigenvalue weighted by atomic mass is 31.2. The molecular weight excluding hydrogens is 756 g/mol. The van der Waals surface area contributed by atoms with Crippen LogP contribution in [0.1, 0.15) is 278 Å². The van der Waals surface area contributed by atoms with Gasteiger partial charge in [-0.25, -0.2) is 4.57 Å². The van der Waals surface area contributed by atoms with E-state index in [0.29, 0.717) is 18.4 Å². The molecule has 1 N–H and O–H groups in total. The first kappa shape index (κ1) is 55.2. The Morgan fingerprint density at radius 1 is 0.475 bits per heavy atom. The second kappa shape index (κ2) is 32.8. The molecule has 59 heavy (non-hydrogen) atoms. The SMILES string of the molecule is CCCCCCCCCCCCCCCCCC(=O)OP(=O)(OCc1cc(C(C)(C)C)c(O)c(C(C)(C)C)c1)OC(=O)CCCCCCCCCCCCCCCCC. The van der Waals surface area contributed by atoms with Crippen LogP contribution in [0.2, 0.25) is 0 Å². The highest BCUT2D eigenvalue weighted by Crippen LogP contribution is 2.52. The minimum atomic E-state index is -4.56. The molecule has 344 valence electrons. The Morgan fingerprint density at radius 2 is 0.729 bits per heavy atom. The first-order chi connectivity index (χ1) is 28.1. The molecule has 0 fully saturated rings. The second-order valence-electron chi connectivity index (χ2n) is 19.6. The predicted octanol–water partition coefficient (Wildman–Crippen LogP) is 17.2. The van der Waals surface area contributed by atoms with Gasteiger partial charge in [-0.1, -0.05) is 235 Å². The molecule has 1 aromatic rings. The lowest BCUT2D eigenvalue weighted by Crippen LogP contribution is -2.18. The molecule has 0 heterocycles. The largest absolute Gasteiger partial charge is 0.592 e. The monoisotopic (exact) mass is 849 g/mol. The van der Waals surface area contributed by atoms with Crippen LogP contribution in [0.4, 0.5) is 0 Å². The van der Waals surface area contributed by atoms with Crippen molar-refractivity contribution in [2.75, 3.05) is 0 Å². The Morgan fingerprint density at radius 3 is 0.983 bits per heavy atom. The number of hydrogen-bond donors (Lipinski definition) is 1. The molecule has 0 aliphatic rings. The third-order valence-electron chi connectivity index (χ3n) is 11.6. The molecule has 0 saturated heterocycles. The van der Waals surface area contributed by atoms with Crippen molar-refractivity contribution in [3.8, 4) is 5.75 Å². The molecule has 0 radical (unpaired) electrons. The van der Waals surface area contributed by atoms with Gasteiger partial charge >= 0.3 is 19.8 Å². The van der Waals surface area contributed by atoms with Crippen molar-refractivity contribution in [2.45, 2.75) is 278 Å². The van der Waals surface area contributed by atoms with Crippen LogP contribution < -0.4 is 0 Å². The minimum Gasteiger partial charge on any atom is -0.507 e. The van der Waals surface area contributed by atoms with Gasteiger partial charge in [0, 0.05) is 12.8 Å². The number of carbonyl (C=O) groups is 2. The predicted molar refractivity (Wildman–Crippen MR) is 249 cm³/mol. The molecule has 7 nitrogen and oxygen atoms in total. The van der Waals surface area contributed by atoms with Crippen molar-refractivity contribution < 1.29 is 32.8 Å². The van der Waals surface area contributed by atoms with Gasteiger partial charge < -0.3 is 14.2 Å².